The maximum Gasteiger partial charge on any atom is 0.317 e. The molecule has 130 valence electrons. The van der Waals surface area contributed by atoms with Crippen LogP contribution in [0.1, 0.15) is 25.0 Å². The third-order valence-corrected chi connectivity index (χ3v) is 4.52. The van der Waals surface area contributed by atoms with Crippen molar-refractivity contribution in [3.05, 3.63) is 23.3 Å². The molecular formula is C15H25N3O4S. The summed E-state index contributed by atoms with van der Waals surface area (Å²) in [5, 5.41) is 7.94. The maximum absolute atomic E-state index is 11.8. The summed E-state index contributed by atoms with van der Waals surface area (Å²) in [7, 11) is -3.74. The zero-order chi connectivity index (χ0) is 17.6. The second kappa shape index (κ2) is 8.16. The Labute approximate surface area is 137 Å². The SMILES string of the molecule is CCN(CC)C(=O)NCCOc1cc(C)c(S(N)(=O)=O)cc1C. The minimum absolute atomic E-state index is 0.0946. The Morgan fingerprint density at radius 2 is 1.83 bits per heavy atom. The number of ether oxygens (including phenoxy) is 1. The monoisotopic (exact) mass is 343 g/mol. The van der Waals surface area contributed by atoms with Crippen molar-refractivity contribution in [3.8, 4) is 5.75 Å². The Kier molecular flexibility index (Phi) is 6.83. The molecule has 0 aromatic heterocycles. The van der Waals surface area contributed by atoms with Crippen LogP contribution >= 0.6 is 0 Å². The summed E-state index contributed by atoms with van der Waals surface area (Å²) in [6.07, 6.45) is 0. The Hall–Kier alpha value is -1.80. The lowest BCUT2D eigenvalue weighted by atomic mass is 10.1. The highest BCUT2D eigenvalue weighted by atomic mass is 32.2. The zero-order valence-corrected chi connectivity index (χ0v) is 14.9. The number of rotatable bonds is 7. The molecule has 0 atom stereocenters. The van der Waals surface area contributed by atoms with E-state index < -0.39 is 10.0 Å². The van der Waals surface area contributed by atoms with E-state index in [0.29, 0.717) is 43.1 Å². The fourth-order valence-corrected chi connectivity index (χ4v) is 3.02. The van der Waals surface area contributed by atoms with Gasteiger partial charge in [0.25, 0.3) is 0 Å². The van der Waals surface area contributed by atoms with Gasteiger partial charge >= 0.3 is 6.03 Å². The van der Waals surface area contributed by atoms with Crippen molar-refractivity contribution in [2.45, 2.75) is 32.6 Å². The molecule has 0 aliphatic carbocycles. The third-order valence-electron chi connectivity index (χ3n) is 3.47. The van der Waals surface area contributed by atoms with E-state index >= 15 is 0 Å². The van der Waals surface area contributed by atoms with Crippen molar-refractivity contribution in [1.29, 1.82) is 0 Å². The van der Waals surface area contributed by atoms with Gasteiger partial charge in [-0.25, -0.2) is 18.4 Å². The van der Waals surface area contributed by atoms with Gasteiger partial charge in [-0.1, -0.05) is 0 Å². The smallest absolute Gasteiger partial charge is 0.317 e. The topological polar surface area (TPSA) is 102 Å². The lowest BCUT2D eigenvalue weighted by molar-refractivity contribution is 0.200. The van der Waals surface area contributed by atoms with Crippen molar-refractivity contribution in [1.82, 2.24) is 10.2 Å². The molecule has 1 aromatic carbocycles. The Balaban J connectivity index is 2.63. The van der Waals surface area contributed by atoms with Gasteiger partial charge in [-0.3, -0.25) is 0 Å². The van der Waals surface area contributed by atoms with E-state index in [2.05, 4.69) is 5.32 Å². The fraction of sp³-hybridized carbons (Fsp3) is 0.533. The van der Waals surface area contributed by atoms with E-state index in [4.69, 9.17) is 9.88 Å². The average Bonchev–Trinajstić information content (AvgIpc) is 2.46. The minimum atomic E-state index is -3.74. The first kappa shape index (κ1) is 19.2. The lowest BCUT2D eigenvalue weighted by Gasteiger charge is -2.19. The largest absolute Gasteiger partial charge is 0.491 e. The molecule has 8 heteroatoms. The first-order chi connectivity index (χ1) is 10.7. The van der Waals surface area contributed by atoms with Crippen LogP contribution in [0.2, 0.25) is 0 Å². The van der Waals surface area contributed by atoms with Gasteiger partial charge in [0, 0.05) is 13.1 Å². The molecule has 0 aliphatic rings. The summed E-state index contributed by atoms with van der Waals surface area (Å²) < 4.78 is 28.5. The number of aryl methyl sites for hydroxylation is 2. The molecule has 7 nitrogen and oxygen atoms in total. The van der Waals surface area contributed by atoms with Gasteiger partial charge in [0.2, 0.25) is 10.0 Å². The zero-order valence-electron chi connectivity index (χ0n) is 14.0. The van der Waals surface area contributed by atoms with Crippen LogP contribution < -0.4 is 15.2 Å². The lowest BCUT2D eigenvalue weighted by Crippen LogP contribution is -2.41. The molecule has 0 radical (unpaired) electrons. The van der Waals surface area contributed by atoms with Gasteiger partial charge in [0.05, 0.1) is 11.4 Å². The first-order valence-corrected chi connectivity index (χ1v) is 9.04. The van der Waals surface area contributed by atoms with Gasteiger partial charge < -0.3 is 15.0 Å². The molecule has 0 aliphatic heterocycles. The number of urea groups is 1. The van der Waals surface area contributed by atoms with Gasteiger partial charge in [-0.15, -0.1) is 0 Å². The number of hydrogen-bond acceptors (Lipinski definition) is 4. The van der Waals surface area contributed by atoms with Gasteiger partial charge in [0.15, 0.2) is 0 Å². The van der Waals surface area contributed by atoms with Crippen LogP contribution in [0, 0.1) is 13.8 Å². The van der Waals surface area contributed by atoms with Crippen LogP contribution in [0.5, 0.6) is 5.75 Å². The number of carbonyl (C=O) groups excluding carboxylic acids is 1. The van der Waals surface area contributed by atoms with Crippen LogP contribution in [-0.4, -0.2) is 45.6 Å². The molecule has 0 heterocycles. The number of primary sulfonamides is 1. The molecule has 0 saturated heterocycles. The van der Waals surface area contributed by atoms with Crippen molar-refractivity contribution in [3.63, 3.8) is 0 Å². The van der Waals surface area contributed by atoms with E-state index in [1.54, 1.807) is 24.8 Å². The van der Waals surface area contributed by atoms with Crippen LogP contribution in [0.4, 0.5) is 4.79 Å². The van der Waals surface area contributed by atoms with E-state index in [1.165, 1.54) is 6.07 Å². The predicted molar refractivity (Wildman–Crippen MR) is 89.1 cm³/mol. The van der Waals surface area contributed by atoms with Crippen molar-refractivity contribution in [2.75, 3.05) is 26.2 Å². The van der Waals surface area contributed by atoms with E-state index in [1.807, 2.05) is 13.8 Å². The Morgan fingerprint density at radius 3 is 2.35 bits per heavy atom. The summed E-state index contributed by atoms with van der Waals surface area (Å²) in [4.78, 5) is 13.5. The highest BCUT2D eigenvalue weighted by Crippen LogP contribution is 2.25. The molecule has 23 heavy (non-hydrogen) atoms. The van der Waals surface area contributed by atoms with Crippen molar-refractivity contribution >= 4 is 16.1 Å². The normalized spacial score (nSPS) is 11.2. The van der Waals surface area contributed by atoms with E-state index in [9.17, 15) is 13.2 Å². The summed E-state index contributed by atoms with van der Waals surface area (Å²) in [6.45, 7) is 9.20. The first-order valence-electron chi connectivity index (χ1n) is 7.50. The molecule has 0 bridgehead atoms. The van der Waals surface area contributed by atoms with Crippen LogP contribution in [0.3, 0.4) is 0 Å². The van der Waals surface area contributed by atoms with Gasteiger partial charge in [0.1, 0.15) is 12.4 Å². The van der Waals surface area contributed by atoms with Crippen molar-refractivity contribution < 1.29 is 17.9 Å². The van der Waals surface area contributed by atoms with Gasteiger partial charge in [-0.05, 0) is 51.0 Å². The number of sulfonamides is 1. The number of carbonyl (C=O) groups is 1. The third kappa shape index (κ3) is 5.40. The number of nitrogens with two attached hydrogens (primary N) is 1. The number of hydrogen-bond donors (Lipinski definition) is 2. The van der Waals surface area contributed by atoms with Crippen LogP contribution in [0.25, 0.3) is 0 Å². The quantitative estimate of drug-likeness (QED) is 0.730. The Morgan fingerprint density at radius 1 is 1.22 bits per heavy atom. The van der Waals surface area contributed by atoms with Crippen LogP contribution in [-0.2, 0) is 10.0 Å². The number of benzene rings is 1. The second-order valence-corrected chi connectivity index (χ2v) is 6.71. The van der Waals surface area contributed by atoms with Crippen LogP contribution in [0.15, 0.2) is 17.0 Å². The summed E-state index contributed by atoms with van der Waals surface area (Å²) in [6, 6.07) is 3.01. The average molecular weight is 343 g/mol. The van der Waals surface area contributed by atoms with Gasteiger partial charge in [-0.2, -0.15) is 0 Å². The Bertz CT molecular complexity index is 655. The van der Waals surface area contributed by atoms with E-state index in [-0.39, 0.29) is 10.9 Å². The standard InChI is InChI=1S/C15H25N3O4S/c1-5-18(6-2)15(19)17-7-8-22-13-9-12(4)14(10-11(13)3)23(16,20)21/h9-10H,5-8H2,1-4H3,(H,17,19)(H2,16,20,21). The fourth-order valence-electron chi connectivity index (χ4n) is 2.17. The minimum Gasteiger partial charge on any atom is -0.491 e. The number of amides is 2. The molecule has 1 aromatic rings. The molecule has 3 N–H and O–H groups in total. The molecule has 0 fully saturated rings. The highest BCUT2D eigenvalue weighted by molar-refractivity contribution is 7.89. The molecule has 0 saturated carbocycles. The molecule has 0 unspecified atom stereocenters. The van der Waals surface area contributed by atoms with E-state index in [0.717, 1.165) is 0 Å². The molecular weight excluding hydrogens is 318 g/mol. The number of nitrogens with one attached hydrogen (secondary N) is 1. The summed E-state index contributed by atoms with van der Waals surface area (Å²) in [5.74, 6) is 0.576. The predicted octanol–water partition coefficient (Wildman–Crippen LogP) is 1.38. The molecule has 2 amide bonds. The van der Waals surface area contributed by atoms with Crippen molar-refractivity contribution in [2.24, 2.45) is 5.14 Å². The molecule has 0 spiro atoms. The molecule has 1 rings (SSSR count). The highest BCUT2D eigenvalue weighted by Gasteiger charge is 2.14. The maximum atomic E-state index is 11.8. The number of nitrogens with zero attached hydrogens (tertiary/aromatic N) is 1. The summed E-state index contributed by atoms with van der Waals surface area (Å²) >= 11 is 0. The summed E-state index contributed by atoms with van der Waals surface area (Å²) in [5.41, 5.74) is 1.20. The second-order valence-electron chi connectivity index (χ2n) is 5.18.